The molecule has 0 saturated carbocycles. The third-order valence-electron chi connectivity index (χ3n) is 2.83. The Labute approximate surface area is 114 Å². The predicted octanol–water partition coefficient (Wildman–Crippen LogP) is 4.20. The fraction of sp³-hybridized carbons (Fsp3) is 0.214. The van der Waals surface area contributed by atoms with E-state index in [0.29, 0.717) is 5.69 Å². The van der Waals surface area contributed by atoms with Crippen LogP contribution in [-0.4, -0.2) is 15.6 Å². The number of rotatable bonds is 3. The molecule has 1 aromatic heterocycles. The summed E-state index contributed by atoms with van der Waals surface area (Å²) in [6.07, 6.45) is 1.82. The zero-order valence-corrected chi connectivity index (χ0v) is 11.8. The van der Waals surface area contributed by atoms with Crippen molar-refractivity contribution in [1.82, 2.24) is 4.57 Å². The Balaban J connectivity index is 2.58. The van der Waals surface area contributed by atoms with Gasteiger partial charge in [-0.25, -0.2) is 4.79 Å². The van der Waals surface area contributed by atoms with Crippen molar-refractivity contribution in [3.63, 3.8) is 0 Å². The lowest BCUT2D eigenvalue weighted by atomic mass is 10.1. The molecule has 2 rings (SSSR count). The number of halogens is 1. The van der Waals surface area contributed by atoms with Gasteiger partial charge < -0.3 is 9.67 Å². The second-order valence-corrected chi connectivity index (χ2v) is 5.31. The lowest BCUT2D eigenvalue weighted by molar-refractivity contribution is 0.0684. The van der Waals surface area contributed by atoms with E-state index in [-0.39, 0.29) is 6.04 Å². The normalized spacial score (nSPS) is 10.9. The minimum Gasteiger partial charge on any atom is -0.477 e. The number of hydrogen-bond donors (Lipinski definition) is 1. The Kier molecular flexibility index (Phi) is 3.57. The molecule has 0 bridgehead atoms. The van der Waals surface area contributed by atoms with Crippen LogP contribution in [0.5, 0.6) is 0 Å². The first-order chi connectivity index (χ1) is 8.50. The number of hydrogen-bond acceptors (Lipinski definition) is 1. The standard InChI is InChI=1S/C14H14BrNO2/c1-9(2)16-8-7-12(13(16)14(17)18)10-3-5-11(15)6-4-10/h3-9H,1-2H3,(H,17,18). The highest BCUT2D eigenvalue weighted by atomic mass is 79.9. The van der Waals surface area contributed by atoms with Crippen LogP contribution in [0, 0.1) is 0 Å². The molecular weight excluding hydrogens is 294 g/mol. The van der Waals surface area contributed by atoms with Crippen LogP contribution in [0.25, 0.3) is 11.1 Å². The lowest BCUT2D eigenvalue weighted by Gasteiger charge is -2.11. The van der Waals surface area contributed by atoms with Gasteiger partial charge in [-0.3, -0.25) is 0 Å². The van der Waals surface area contributed by atoms with Crippen molar-refractivity contribution in [3.05, 3.63) is 46.7 Å². The van der Waals surface area contributed by atoms with Gasteiger partial charge in [0.1, 0.15) is 5.69 Å². The number of benzene rings is 1. The summed E-state index contributed by atoms with van der Waals surface area (Å²) in [5, 5.41) is 9.37. The number of carboxylic acid groups (broad SMARTS) is 1. The third kappa shape index (κ3) is 2.34. The van der Waals surface area contributed by atoms with Crippen molar-refractivity contribution < 1.29 is 9.90 Å². The van der Waals surface area contributed by atoms with Gasteiger partial charge in [-0.05, 0) is 37.6 Å². The Hall–Kier alpha value is -1.55. The molecule has 0 radical (unpaired) electrons. The topological polar surface area (TPSA) is 42.2 Å². The molecule has 94 valence electrons. The van der Waals surface area contributed by atoms with Crippen LogP contribution >= 0.6 is 15.9 Å². The molecule has 0 aliphatic rings. The zero-order valence-electron chi connectivity index (χ0n) is 10.2. The lowest BCUT2D eigenvalue weighted by Crippen LogP contribution is -2.10. The molecule has 0 spiro atoms. The van der Waals surface area contributed by atoms with Gasteiger partial charge in [-0.1, -0.05) is 28.1 Å². The molecule has 0 saturated heterocycles. The van der Waals surface area contributed by atoms with E-state index in [4.69, 9.17) is 0 Å². The smallest absolute Gasteiger partial charge is 0.353 e. The molecule has 0 aliphatic carbocycles. The van der Waals surface area contributed by atoms with Crippen LogP contribution < -0.4 is 0 Å². The van der Waals surface area contributed by atoms with Crippen LogP contribution in [-0.2, 0) is 0 Å². The maximum absolute atomic E-state index is 11.4. The fourth-order valence-electron chi connectivity index (χ4n) is 1.97. The summed E-state index contributed by atoms with van der Waals surface area (Å²) in [7, 11) is 0. The van der Waals surface area contributed by atoms with E-state index in [2.05, 4.69) is 15.9 Å². The Morgan fingerprint density at radius 1 is 1.22 bits per heavy atom. The van der Waals surface area contributed by atoms with Crippen LogP contribution in [0.1, 0.15) is 30.4 Å². The molecule has 0 fully saturated rings. The van der Waals surface area contributed by atoms with E-state index >= 15 is 0 Å². The van der Waals surface area contributed by atoms with E-state index in [9.17, 15) is 9.90 Å². The highest BCUT2D eigenvalue weighted by Crippen LogP contribution is 2.28. The van der Waals surface area contributed by atoms with Gasteiger partial charge in [0, 0.05) is 22.3 Å². The quantitative estimate of drug-likeness (QED) is 0.923. The molecule has 0 unspecified atom stereocenters. The first-order valence-electron chi connectivity index (χ1n) is 5.70. The number of carbonyl (C=O) groups is 1. The van der Waals surface area contributed by atoms with E-state index in [0.717, 1.165) is 15.6 Å². The van der Waals surface area contributed by atoms with Gasteiger partial charge >= 0.3 is 5.97 Å². The maximum Gasteiger partial charge on any atom is 0.353 e. The van der Waals surface area contributed by atoms with E-state index < -0.39 is 5.97 Å². The van der Waals surface area contributed by atoms with Crippen LogP contribution in [0.15, 0.2) is 41.0 Å². The molecule has 0 aliphatic heterocycles. The van der Waals surface area contributed by atoms with Crippen molar-refractivity contribution in [2.75, 3.05) is 0 Å². The highest BCUT2D eigenvalue weighted by molar-refractivity contribution is 9.10. The summed E-state index contributed by atoms with van der Waals surface area (Å²) in [4.78, 5) is 11.4. The molecule has 18 heavy (non-hydrogen) atoms. The van der Waals surface area contributed by atoms with Crippen LogP contribution in [0.2, 0.25) is 0 Å². The molecular formula is C14H14BrNO2. The van der Waals surface area contributed by atoms with Gasteiger partial charge in [0.05, 0.1) is 0 Å². The van der Waals surface area contributed by atoms with Gasteiger partial charge in [0.25, 0.3) is 0 Å². The van der Waals surface area contributed by atoms with Crippen molar-refractivity contribution in [2.24, 2.45) is 0 Å². The summed E-state index contributed by atoms with van der Waals surface area (Å²) in [5.74, 6) is -0.897. The van der Waals surface area contributed by atoms with Crippen molar-refractivity contribution in [1.29, 1.82) is 0 Å². The number of aromatic nitrogens is 1. The summed E-state index contributed by atoms with van der Waals surface area (Å²) in [5.41, 5.74) is 2.01. The number of carboxylic acids is 1. The zero-order chi connectivity index (χ0) is 13.3. The maximum atomic E-state index is 11.4. The first kappa shape index (κ1) is 12.9. The fourth-order valence-corrected chi connectivity index (χ4v) is 2.23. The summed E-state index contributed by atoms with van der Waals surface area (Å²) < 4.78 is 2.76. The van der Waals surface area contributed by atoms with Gasteiger partial charge in [-0.15, -0.1) is 0 Å². The monoisotopic (exact) mass is 307 g/mol. The Morgan fingerprint density at radius 2 is 1.83 bits per heavy atom. The van der Waals surface area contributed by atoms with Gasteiger partial charge in [0.2, 0.25) is 0 Å². The van der Waals surface area contributed by atoms with E-state index in [1.165, 1.54) is 0 Å². The van der Waals surface area contributed by atoms with Crippen molar-refractivity contribution in [2.45, 2.75) is 19.9 Å². The SMILES string of the molecule is CC(C)n1ccc(-c2ccc(Br)cc2)c1C(=O)O. The average molecular weight is 308 g/mol. The minimum absolute atomic E-state index is 0.125. The van der Waals surface area contributed by atoms with Crippen LogP contribution in [0.3, 0.4) is 0 Å². The van der Waals surface area contributed by atoms with Crippen molar-refractivity contribution >= 4 is 21.9 Å². The third-order valence-corrected chi connectivity index (χ3v) is 3.36. The van der Waals surface area contributed by atoms with Gasteiger partial charge in [0.15, 0.2) is 0 Å². The average Bonchev–Trinajstić information content (AvgIpc) is 2.74. The Bertz CT molecular complexity index is 570. The summed E-state index contributed by atoms with van der Waals surface area (Å²) >= 11 is 3.37. The van der Waals surface area contributed by atoms with Crippen LogP contribution in [0.4, 0.5) is 0 Å². The first-order valence-corrected chi connectivity index (χ1v) is 6.50. The Morgan fingerprint density at radius 3 is 2.33 bits per heavy atom. The molecule has 2 aromatic rings. The van der Waals surface area contributed by atoms with Crippen molar-refractivity contribution in [3.8, 4) is 11.1 Å². The molecule has 1 heterocycles. The predicted molar refractivity (Wildman–Crippen MR) is 74.9 cm³/mol. The largest absolute Gasteiger partial charge is 0.477 e. The van der Waals surface area contributed by atoms with Gasteiger partial charge in [-0.2, -0.15) is 0 Å². The number of aromatic carboxylic acids is 1. The molecule has 4 heteroatoms. The molecule has 0 atom stereocenters. The second kappa shape index (κ2) is 4.98. The summed E-state index contributed by atoms with van der Waals surface area (Å²) in [6.45, 7) is 3.94. The molecule has 1 aromatic carbocycles. The number of nitrogens with zero attached hydrogens (tertiary/aromatic N) is 1. The highest BCUT2D eigenvalue weighted by Gasteiger charge is 2.18. The summed E-state index contributed by atoms with van der Waals surface area (Å²) in [6, 6.07) is 9.63. The molecule has 1 N–H and O–H groups in total. The van der Waals surface area contributed by atoms with E-state index in [1.807, 2.05) is 50.4 Å². The second-order valence-electron chi connectivity index (χ2n) is 4.39. The minimum atomic E-state index is -0.897. The molecule has 3 nitrogen and oxygen atoms in total. The van der Waals surface area contributed by atoms with E-state index in [1.54, 1.807) is 4.57 Å². The molecule has 0 amide bonds.